The number of carbonyl (C=O) groups excluding carboxylic acids is 2. The molecule has 0 aliphatic heterocycles. The lowest BCUT2D eigenvalue weighted by Crippen LogP contribution is -2.13. The molecule has 0 bridgehead atoms. The third-order valence-electron chi connectivity index (χ3n) is 3.54. The first kappa shape index (κ1) is 16.4. The number of furan rings is 1. The molecule has 3 rings (SSSR count). The molecule has 0 spiro atoms. The predicted octanol–water partition coefficient (Wildman–Crippen LogP) is 3.74. The molecular formula is C19H17N3O3. The van der Waals surface area contributed by atoms with Gasteiger partial charge < -0.3 is 15.1 Å². The van der Waals surface area contributed by atoms with Gasteiger partial charge in [0.15, 0.2) is 5.76 Å². The Labute approximate surface area is 144 Å². The van der Waals surface area contributed by atoms with E-state index >= 15 is 0 Å². The molecule has 0 saturated heterocycles. The zero-order valence-electron chi connectivity index (χ0n) is 13.7. The highest BCUT2D eigenvalue weighted by atomic mass is 16.3. The number of hydrogen-bond donors (Lipinski definition) is 2. The van der Waals surface area contributed by atoms with Crippen LogP contribution < -0.4 is 10.6 Å². The number of pyridine rings is 1. The minimum Gasteiger partial charge on any atom is -0.456 e. The number of anilines is 2. The molecule has 6 heteroatoms. The van der Waals surface area contributed by atoms with Crippen LogP contribution in [-0.4, -0.2) is 16.8 Å². The summed E-state index contributed by atoms with van der Waals surface area (Å²) in [7, 11) is 0. The van der Waals surface area contributed by atoms with E-state index in [-0.39, 0.29) is 17.6 Å². The lowest BCUT2D eigenvalue weighted by molar-refractivity contribution is 0.0993. The summed E-state index contributed by atoms with van der Waals surface area (Å²) >= 11 is 0. The molecule has 3 aromatic rings. The van der Waals surface area contributed by atoms with Gasteiger partial charge in [-0.05, 0) is 42.5 Å². The number of nitrogens with one attached hydrogen (secondary N) is 2. The minimum absolute atomic E-state index is 0.252. The van der Waals surface area contributed by atoms with E-state index in [1.165, 1.54) is 6.20 Å². The monoisotopic (exact) mass is 335 g/mol. The Hall–Kier alpha value is -3.41. The number of amides is 2. The van der Waals surface area contributed by atoms with Crippen LogP contribution in [0.5, 0.6) is 0 Å². The van der Waals surface area contributed by atoms with Crippen molar-refractivity contribution in [2.24, 2.45) is 0 Å². The van der Waals surface area contributed by atoms with Crippen molar-refractivity contribution < 1.29 is 14.0 Å². The van der Waals surface area contributed by atoms with Gasteiger partial charge in [0.1, 0.15) is 5.76 Å². The SMILES string of the molecule is CCc1ccc(C(=O)Nc2cccc(NC(=O)c3cccnc3)c2)o1. The smallest absolute Gasteiger partial charge is 0.291 e. The second-order valence-corrected chi connectivity index (χ2v) is 5.35. The lowest BCUT2D eigenvalue weighted by Gasteiger charge is -2.08. The summed E-state index contributed by atoms with van der Waals surface area (Å²) in [5, 5.41) is 5.52. The molecule has 2 amide bonds. The van der Waals surface area contributed by atoms with Crippen LogP contribution in [0.25, 0.3) is 0 Å². The van der Waals surface area contributed by atoms with Crippen LogP contribution in [0.2, 0.25) is 0 Å². The van der Waals surface area contributed by atoms with Crippen LogP contribution in [0.4, 0.5) is 11.4 Å². The predicted molar refractivity (Wildman–Crippen MR) is 94.7 cm³/mol. The number of hydrogen-bond acceptors (Lipinski definition) is 4. The summed E-state index contributed by atoms with van der Waals surface area (Å²) in [6.07, 6.45) is 3.82. The van der Waals surface area contributed by atoms with Crippen LogP contribution in [0.1, 0.15) is 33.6 Å². The highest BCUT2D eigenvalue weighted by Crippen LogP contribution is 2.18. The Morgan fingerprint density at radius 2 is 1.76 bits per heavy atom. The number of rotatable bonds is 5. The topological polar surface area (TPSA) is 84.2 Å². The van der Waals surface area contributed by atoms with E-state index in [2.05, 4.69) is 15.6 Å². The minimum atomic E-state index is -0.338. The lowest BCUT2D eigenvalue weighted by atomic mass is 10.2. The Morgan fingerprint density at radius 1 is 1.00 bits per heavy atom. The van der Waals surface area contributed by atoms with Crippen molar-refractivity contribution in [3.8, 4) is 0 Å². The Morgan fingerprint density at radius 3 is 2.40 bits per heavy atom. The molecule has 1 aromatic carbocycles. The van der Waals surface area contributed by atoms with E-state index in [4.69, 9.17) is 4.42 Å². The first-order valence-electron chi connectivity index (χ1n) is 7.87. The Bertz CT molecular complexity index is 888. The summed E-state index contributed by atoms with van der Waals surface area (Å²) in [5.41, 5.74) is 1.59. The largest absolute Gasteiger partial charge is 0.456 e. The first-order chi connectivity index (χ1) is 12.2. The number of aromatic nitrogens is 1. The molecule has 0 saturated carbocycles. The molecule has 25 heavy (non-hydrogen) atoms. The van der Waals surface area contributed by atoms with Gasteiger partial charge in [0.05, 0.1) is 5.56 Å². The maximum atomic E-state index is 12.2. The summed E-state index contributed by atoms with van der Waals surface area (Å²) in [6.45, 7) is 1.95. The van der Waals surface area contributed by atoms with Crippen molar-refractivity contribution in [3.05, 3.63) is 78.0 Å². The van der Waals surface area contributed by atoms with Gasteiger partial charge in [-0.2, -0.15) is 0 Å². The van der Waals surface area contributed by atoms with Gasteiger partial charge in [-0.1, -0.05) is 13.0 Å². The fourth-order valence-corrected chi connectivity index (χ4v) is 2.26. The van der Waals surface area contributed by atoms with E-state index in [0.717, 1.165) is 12.2 Å². The first-order valence-corrected chi connectivity index (χ1v) is 7.87. The van der Waals surface area contributed by atoms with Gasteiger partial charge in [-0.25, -0.2) is 0 Å². The summed E-state index contributed by atoms with van der Waals surface area (Å²) in [6, 6.07) is 13.7. The normalized spacial score (nSPS) is 10.3. The third kappa shape index (κ3) is 4.11. The second-order valence-electron chi connectivity index (χ2n) is 5.35. The average molecular weight is 335 g/mol. The fraction of sp³-hybridized carbons (Fsp3) is 0.105. The zero-order chi connectivity index (χ0) is 17.6. The number of nitrogens with zero attached hydrogens (tertiary/aromatic N) is 1. The number of carbonyl (C=O) groups is 2. The van der Waals surface area contributed by atoms with E-state index in [0.29, 0.717) is 16.9 Å². The molecular weight excluding hydrogens is 318 g/mol. The van der Waals surface area contributed by atoms with E-state index in [1.807, 2.05) is 6.92 Å². The van der Waals surface area contributed by atoms with Crippen LogP contribution in [0.3, 0.4) is 0 Å². The van der Waals surface area contributed by atoms with Crippen LogP contribution in [-0.2, 0) is 6.42 Å². The third-order valence-corrected chi connectivity index (χ3v) is 3.54. The molecule has 2 heterocycles. The second kappa shape index (κ2) is 7.44. The molecule has 6 nitrogen and oxygen atoms in total. The molecule has 0 radical (unpaired) electrons. The van der Waals surface area contributed by atoms with Gasteiger partial charge in [0.25, 0.3) is 11.8 Å². The van der Waals surface area contributed by atoms with Crippen molar-refractivity contribution in [2.75, 3.05) is 10.6 Å². The Balaban J connectivity index is 1.69. The number of benzene rings is 1. The summed E-state index contributed by atoms with van der Waals surface area (Å²) in [5.74, 6) is 0.398. The zero-order valence-corrected chi connectivity index (χ0v) is 13.7. The van der Waals surface area contributed by atoms with Crippen LogP contribution in [0.15, 0.2) is 65.3 Å². The molecule has 0 unspecified atom stereocenters. The maximum absolute atomic E-state index is 12.2. The van der Waals surface area contributed by atoms with Crippen LogP contribution in [0, 0.1) is 0 Å². The highest BCUT2D eigenvalue weighted by molar-refractivity contribution is 6.05. The number of aryl methyl sites for hydroxylation is 1. The van der Waals surface area contributed by atoms with Crippen molar-refractivity contribution in [3.63, 3.8) is 0 Å². The van der Waals surface area contributed by atoms with Crippen molar-refractivity contribution >= 4 is 23.2 Å². The molecule has 0 atom stereocenters. The standard InChI is InChI=1S/C19H17N3O3/c1-2-16-8-9-17(25-16)19(24)22-15-7-3-6-14(11-15)21-18(23)13-5-4-10-20-12-13/h3-12H,2H2,1H3,(H,21,23)(H,22,24). The van der Waals surface area contributed by atoms with Gasteiger partial charge in [-0.15, -0.1) is 0 Å². The summed E-state index contributed by atoms with van der Waals surface area (Å²) < 4.78 is 5.43. The average Bonchev–Trinajstić information content (AvgIpc) is 3.12. The molecule has 126 valence electrons. The van der Waals surface area contributed by atoms with Crippen LogP contribution >= 0.6 is 0 Å². The van der Waals surface area contributed by atoms with E-state index < -0.39 is 0 Å². The molecule has 0 aliphatic carbocycles. The molecule has 2 aromatic heterocycles. The van der Waals surface area contributed by atoms with E-state index in [9.17, 15) is 9.59 Å². The highest BCUT2D eigenvalue weighted by Gasteiger charge is 2.12. The quantitative estimate of drug-likeness (QED) is 0.744. The van der Waals surface area contributed by atoms with Gasteiger partial charge in [0.2, 0.25) is 0 Å². The van der Waals surface area contributed by atoms with E-state index in [1.54, 1.807) is 54.7 Å². The van der Waals surface area contributed by atoms with Crippen molar-refractivity contribution in [2.45, 2.75) is 13.3 Å². The fourth-order valence-electron chi connectivity index (χ4n) is 2.26. The van der Waals surface area contributed by atoms with Gasteiger partial charge >= 0.3 is 0 Å². The van der Waals surface area contributed by atoms with Gasteiger partial charge in [-0.3, -0.25) is 14.6 Å². The van der Waals surface area contributed by atoms with Crippen molar-refractivity contribution in [1.82, 2.24) is 4.98 Å². The molecule has 2 N–H and O–H groups in total. The molecule has 0 aliphatic rings. The Kier molecular flexibility index (Phi) is 4.89. The maximum Gasteiger partial charge on any atom is 0.291 e. The summed E-state index contributed by atoms with van der Waals surface area (Å²) in [4.78, 5) is 28.3. The van der Waals surface area contributed by atoms with Crippen molar-refractivity contribution in [1.29, 1.82) is 0 Å². The van der Waals surface area contributed by atoms with Gasteiger partial charge in [0, 0.05) is 30.2 Å². The molecule has 0 fully saturated rings.